The molecule has 1 amide bonds. The minimum Gasteiger partial charge on any atom is -0.352 e. The van der Waals surface area contributed by atoms with Crippen molar-refractivity contribution in [1.82, 2.24) is 14.2 Å². The van der Waals surface area contributed by atoms with Crippen LogP contribution in [0, 0.1) is 5.92 Å². The van der Waals surface area contributed by atoms with Crippen LogP contribution in [0.1, 0.15) is 71.1 Å². The topological polar surface area (TPSA) is 94.9 Å². The molecule has 6 atom stereocenters. The molecule has 3 aliphatic rings. The molecule has 0 radical (unpaired) electrons. The van der Waals surface area contributed by atoms with E-state index in [0.29, 0.717) is 6.42 Å². The van der Waals surface area contributed by atoms with Crippen LogP contribution in [0.4, 0.5) is 5.82 Å². The molecule has 37 heavy (non-hydrogen) atoms. The number of hydrogen-bond donors (Lipinski definition) is 1. The summed E-state index contributed by atoms with van der Waals surface area (Å²) < 4.78 is 23.6. The van der Waals surface area contributed by atoms with Gasteiger partial charge in [0.15, 0.2) is 0 Å². The summed E-state index contributed by atoms with van der Waals surface area (Å²) in [5, 5.41) is 2.67. The summed E-state index contributed by atoms with van der Waals surface area (Å²) in [6, 6.07) is 12.4. The number of carbonyl (C=O) groups is 1. The van der Waals surface area contributed by atoms with E-state index >= 15 is 0 Å². The van der Waals surface area contributed by atoms with E-state index < -0.39 is 20.4 Å². The molecule has 1 aliphatic carbocycles. The van der Waals surface area contributed by atoms with Gasteiger partial charge in [-0.2, -0.15) is 4.98 Å². The third-order valence-electron chi connectivity index (χ3n) is 7.75. The van der Waals surface area contributed by atoms with Crippen molar-refractivity contribution in [3.63, 3.8) is 0 Å². The number of likely N-dealkylation sites (N-methyl/N-ethyl adjacent to an activating group) is 1. The number of carbonyl (C=O) groups excluding carboxylic acids is 1. The summed E-state index contributed by atoms with van der Waals surface area (Å²) >= 11 is 0. The van der Waals surface area contributed by atoms with Gasteiger partial charge in [-0.1, -0.05) is 63.9 Å². The Balaban J connectivity index is 1.31. The summed E-state index contributed by atoms with van der Waals surface area (Å²) in [7, 11) is 0.824. The van der Waals surface area contributed by atoms with E-state index in [9.17, 15) is 9.59 Å². The molecular formula is C27H37N4O5P. The maximum atomic E-state index is 12.8. The summed E-state index contributed by atoms with van der Waals surface area (Å²) in [5.74, 6) is -0.137. The van der Waals surface area contributed by atoms with Crippen LogP contribution in [0.2, 0.25) is 0 Å². The van der Waals surface area contributed by atoms with Crippen molar-refractivity contribution in [2.24, 2.45) is 5.92 Å². The number of fused-ring (bicyclic) bond motifs is 1. The van der Waals surface area contributed by atoms with Gasteiger partial charge in [0, 0.05) is 18.5 Å². The highest BCUT2D eigenvalue weighted by molar-refractivity contribution is 7.44. The Morgan fingerprint density at radius 2 is 2.05 bits per heavy atom. The predicted octanol–water partition coefficient (Wildman–Crippen LogP) is 4.95. The Labute approximate surface area is 219 Å². The van der Waals surface area contributed by atoms with Crippen LogP contribution in [-0.2, 0) is 24.2 Å². The molecule has 200 valence electrons. The average molecular weight is 529 g/mol. The molecule has 3 heterocycles. The molecule has 1 N–H and O–H groups in total. The van der Waals surface area contributed by atoms with Gasteiger partial charge in [0.2, 0.25) is 5.91 Å². The highest BCUT2D eigenvalue weighted by Crippen LogP contribution is 2.64. The lowest BCUT2D eigenvalue weighted by Crippen LogP contribution is -2.44. The smallest absolute Gasteiger partial charge is 0.351 e. The largest absolute Gasteiger partial charge is 0.352 e. The number of benzene rings is 1. The van der Waals surface area contributed by atoms with Crippen molar-refractivity contribution in [3.05, 3.63) is 58.6 Å². The monoisotopic (exact) mass is 528 g/mol. The first-order valence-electron chi connectivity index (χ1n) is 13.3. The molecule has 1 aromatic carbocycles. The van der Waals surface area contributed by atoms with Crippen LogP contribution >= 0.6 is 8.53 Å². The summed E-state index contributed by atoms with van der Waals surface area (Å²) in [6.45, 7) is 5.64. The third kappa shape index (κ3) is 5.12. The van der Waals surface area contributed by atoms with E-state index in [1.165, 1.54) is 16.6 Å². The van der Waals surface area contributed by atoms with E-state index in [-0.39, 0.29) is 41.5 Å². The first-order chi connectivity index (χ1) is 17.8. The van der Waals surface area contributed by atoms with Gasteiger partial charge in [0.05, 0.1) is 18.2 Å². The minimum atomic E-state index is -1.29. The Morgan fingerprint density at radius 1 is 1.27 bits per heavy atom. The number of anilines is 1. The van der Waals surface area contributed by atoms with Crippen LogP contribution in [0.15, 0.2) is 47.4 Å². The molecule has 10 heteroatoms. The zero-order valence-electron chi connectivity index (χ0n) is 22.0. The van der Waals surface area contributed by atoms with Crippen LogP contribution in [0.25, 0.3) is 0 Å². The lowest BCUT2D eigenvalue weighted by atomic mass is 9.76. The van der Waals surface area contributed by atoms with E-state index in [2.05, 4.69) is 53.2 Å². The molecule has 0 spiro atoms. The van der Waals surface area contributed by atoms with Gasteiger partial charge in [0.25, 0.3) is 8.53 Å². The second-order valence-corrected chi connectivity index (χ2v) is 12.0. The number of ether oxygens (including phenoxy) is 1. The van der Waals surface area contributed by atoms with Crippen molar-refractivity contribution in [1.29, 1.82) is 0 Å². The standard InChI is InChI=1S/C27H37N4O5P/c1-5-20-21(17-24(34-20)31-16-14-23(29-26(31)33)28-25(32)18(2)3)35-37-30(4)22-13-9-10-15-27(22,36-37)19-11-7-6-8-12-19/h6-8,11-12,14,16,18,20-22,24H,5,9-10,13,15,17H2,1-4H3,(H,28,29,32,33)/t20-,21?,22+,24-,27+,37-/m1/s1. The molecule has 1 saturated carbocycles. The molecule has 5 rings (SSSR count). The zero-order chi connectivity index (χ0) is 26.2. The fourth-order valence-corrected chi connectivity index (χ4v) is 7.58. The molecule has 2 aliphatic heterocycles. The first-order valence-corrected chi connectivity index (χ1v) is 14.4. The summed E-state index contributed by atoms with van der Waals surface area (Å²) in [5.41, 5.74) is 0.406. The van der Waals surface area contributed by atoms with Crippen molar-refractivity contribution in [2.45, 2.75) is 89.4 Å². The van der Waals surface area contributed by atoms with Crippen LogP contribution in [0.3, 0.4) is 0 Å². The van der Waals surface area contributed by atoms with Crippen LogP contribution in [0.5, 0.6) is 0 Å². The molecule has 2 saturated heterocycles. The number of aromatic nitrogens is 2. The Bertz CT molecular complexity index is 1160. The van der Waals surface area contributed by atoms with Gasteiger partial charge in [-0.15, -0.1) is 0 Å². The van der Waals surface area contributed by atoms with Crippen molar-refractivity contribution >= 4 is 20.3 Å². The number of hydrogen-bond acceptors (Lipinski definition) is 7. The maximum Gasteiger partial charge on any atom is 0.351 e. The third-order valence-corrected chi connectivity index (χ3v) is 9.48. The predicted molar refractivity (Wildman–Crippen MR) is 142 cm³/mol. The summed E-state index contributed by atoms with van der Waals surface area (Å²) in [4.78, 5) is 28.8. The molecule has 1 aromatic heterocycles. The van der Waals surface area contributed by atoms with Crippen LogP contribution in [-0.4, -0.2) is 45.4 Å². The Kier molecular flexibility index (Phi) is 7.80. The van der Waals surface area contributed by atoms with E-state index in [1.807, 2.05) is 6.07 Å². The second kappa shape index (κ2) is 10.9. The molecule has 0 bridgehead atoms. The lowest BCUT2D eigenvalue weighted by molar-refractivity contribution is -0.118. The van der Waals surface area contributed by atoms with Gasteiger partial charge in [0.1, 0.15) is 17.6 Å². The number of nitrogens with zero attached hydrogens (tertiary/aromatic N) is 3. The molecule has 9 nitrogen and oxygen atoms in total. The Morgan fingerprint density at radius 3 is 2.76 bits per heavy atom. The second-order valence-electron chi connectivity index (χ2n) is 10.5. The first kappa shape index (κ1) is 26.4. The van der Waals surface area contributed by atoms with Gasteiger partial charge in [-0.3, -0.25) is 9.36 Å². The number of nitrogens with one attached hydrogen (secondary N) is 1. The molecule has 1 unspecified atom stereocenters. The van der Waals surface area contributed by atoms with Crippen molar-refractivity contribution in [3.8, 4) is 0 Å². The van der Waals surface area contributed by atoms with Crippen molar-refractivity contribution in [2.75, 3.05) is 12.4 Å². The highest BCUT2D eigenvalue weighted by atomic mass is 31.2. The van der Waals surface area contributed by atoms with Gasteiger partial charge >= 0.3 is 5.69 Å². The van der Waals surface area contributed by atoms with E-state index in [1.54, 1.807) is 26.1 Å². The average Bonchev–Trinajstić information content (AvgIpc) is 3.43. The van der Waals surface area contributed by atoms with Crippen LogP contribution < -0.4 is 11.0 Å². The lowest BCUT2D eigenvalue weighted by Gasteiger charge is -2.38. The van der Waals surface area contributed by atoms with Crippen molar-refractivity contribution < 1.29 is 18.6 Å². The summed E-state index contributed by atoms with van der Waals surface area (Å²) in [6.07, 6.45) is 6.44. The normalized spacial score (nSPS) is 32.0. The zero-order valence-corrected chi connectivity index (χ0v) is 22.9. The molecule has 2 aromatic rings. The van der Waals surface area contributed by atoms with Gasteiger partial charge < -0.3 is 19.1 Å². The molecule has 3 fully saturated rings. The fraction of sp³-hybridized carbons (Fsp3) is 0.593. The number of rotatable bonds is 7. The van der Waals surface area contributed by atoms with Gasteiger partial charge in [-0.05, 0) is 37.9 Å². The Hall–Kier alpha value is -2.16. The quantitative estimate of drug-likeness (QED) is 0.508. The fourth-order valence-electron chi connectivity index (χ4n) is 5.68. The molecular weight excluding hydrogens is 491 g/mol. The highest BCUT2D eigenvalue weighted by Gasteiger charge is 2.56. The maximum absolute atomic E-state index is 12.8. The minimum absolute atomic E-state index is 0.160. The van der Waals surface area contributed by atoms with E-state index in [0.717, 1.165) is 25.7 Å². The number of amides is 1. The van der Waals surface area contributed by atoms with E-state index in [4.69, 9.17) is 13.8 Å². The SMILES string of the molecule is CC[C@H]1O[C@@H](n2ccc(NC(=O)C(C)C)nc2=O)CC1O[P@]1O[C@]2(c3ccccc3)CCCC[C@@H]2N1C. The van der Waals surface area contributed by atoms with Gasteiger partial charge in [-0.25, -0.2) is 9.46 Å².